The van der Waals surface area contributed by atoms with Crippen LogP contribution in [0.4, 0.5) is 0 Å². The molecule has 1 unspecified atom stereocenters. The summed E-state index contributed by atoms with van der Waals surface area (Å²) in [5, 5.41) is 0. The standard InChI is InChI=1S/C4H8O2S/c1-4-2-6-7(5)3-4/h4H,2-3H2,1H3/t4-,7?/m1/s1. The molecule has 0 aromatic rings. The van der Waals surface area contributed by atoms with E-state index < -0.39 is 11.1 Å². The van der Waals surface area contributed by atoms with Crippen LogP contribution in [0.2, 0.25) is 0 Å². The fraction of sp³-hybridized carbons (Fsp3) is 1.00. The average molecular weight is 120 g/mol. The van der Waals surface area contributed by atoms with Crippen LogP contribution in [0.1, 0.15) is 6.92 Å². The van der Waals surface area contributed by atoms with E-state index in [1.807, 2.05) is 6.92 Å². The zero-order valence-electron chi connectivity index (χ0n) is 4.22. The van der Waals surface area contributed by atoms with Crippen molar-refractivity contribution in [1.82, 2.24) is 0 Å². The Balaban J connectivity index is 2.40. The first-order chi connectivity index (χ1) is 3.29. The third kappa shape index (κ3) is 1.24. The molecule has 42 valence electrons. The van der Waals surface area contributed by atoms with Gasteiger partial charge in [0.2, 0.25) is 0 Å². The summed E-state index contributed by atoms with van der Waals surface area (Å²) in [5.41, 5.74) is 0. The van der Waals surface area contributed by atoms with Crippen molar-refractivity contribution < 1.29 is 8.39 Å². The van der Waals surface area contributed by atoms with E-state index in [1.165, 1.54) is 0 Å². The highest BCUT2D eigenvalue weighted by Crippen LogP contribution is 2.08. The van der Waals surface area contributed by atoms with Crippen LogP contribution in [0.25, 0.3) is 0 Å². The minimum atomic E-state index is -0.953. The van der Waals surface area contributed by atoms with Gasteiger partial charge in [0.05, 0.1) is 12.4 Å². The fourth-order valence-electron chi connectivity index (χ4n) is 0.521. The van der Waals surface area contributed by atoms with Crippen LogP contribution < -0.4 is 0 Å². The Kier molecular flexibility index (Phi) is 1.44. The fourth-order valence-corrected chi connectivity index (χ4v) is 1.56. The monoisotopic (exact) mass is 120 g/mol. The molecule has 0 aromatic carbocycles. The number of hydrogen-bond acceptors (Lipinski definition) is 2. The van der Waals surface area contributed by atoms with Gasteiger partial charge in [-0.3, -0.25) is 4.18 Å². The maximum absolute atomic E-state index is 10.3. The SMILES string of the molecule is C[C@@H]1COS(=O)C1. The van der Waals surface area contributed by atoms with E-state index in [2.05, 4.69) is 0 Å². The maximum Gasteiger partial charge on any atom is 0.155 e. The maximum atomic E-state index is 10.3. The molecule has 0 N–H and O–H groups in total. The van der Waals surface area contributed by atoms with Crippen molar-refractivity contribution in [3.05, 3.63) is 0 Å². The van der Waals surface area contributed by atoms with E-state index in [9.17, 15) is 4.21 Å². The normalized spacial score (nSPS) is 41.9. The van der Waals surface area contributed by atoms with Crippen molar-refractivity contribution in [2.45, 2.75) is 6.92 Å². The minimum absolute atomic E-state index is 0.501. The molecule has 1 heterocycles. The molecule has 0 saturated carbocycles. The van der Waals surface area contributed by atoms with Gasteiger partial charge in [0.25, 0.3) is 0 Å². The van der Waals surface area contributed by atoms with Crippen molar-refractivity contribution >= 4 is 11.1 Å². The third-order valence-electron chi connectivity index (χ3n) is 0.905. The highest BCUT2D eigenvalue weighted by molar-refractivity contribution is 7.80. The average Bonchev–Trinajstić information content (AvgIpc) is 1.87. The van der Waals surface area contributed by atoms with Crippen LogP contribution in [-0.2, 0) is 15.3 Å². The zero-order chi connectivity index (χ0) is 5.28. The summed E-state index contributed by atoms with van der Waals surface area (Å²) < 4.78 is 15.1. The minimum Gasteiger partial charge on any atom is -0.290 e. The molecule has 1 aliphatic rings. The van der Waals surface area contributed by atoms with Crippen LogP contribution in [0.5, 0.6) is 0 Å². The topological polar surface area (TPSA) is 26.3 Å². The lowest BCUT2D eigenvalue weighted by atomic mass is 10.2. The molecule has 3 heteroatoms. The summed E-state index contributed by atoms with van der Waals surface area (Å²) in [5.74, 6) is 1.22. The summed E-state index contributed by atoms with van der Waals surface area (Å²) in [6.45, 7) is 2.71. The lowest BCUT2D eigenvalue weighted by Crippen LogP contribution is -1.94. The lowest BCUT2D eigenvalue weighted by Gasteiger charge is -1.86. The van der Waals surface area contributed by atoms with Crippen LogP contribution >= 0.6 is 0 Å². The molecule has 0 bridgehead atoms. The largest absolute Gasteiger partial charge is 0.290 e. The van der Waals surface area contributed by atoms with Crippen LogP contribution in [0.3, 0.4) is 0 Å². The van der Waals surface area contributed by atoms with Gasteiger partial charge in [0.15, 0.2) is 11.1 Å². The van der Waals surface area contributed by atoms with Crippen molar-refractivity contribution in [3.8, 4) is 0 Å². The molecule has 0 spiro atoms. The van der Waals surface area contributed by atoms with Gasteiger partial charge in [-0.1, -0.05) is 6.92 Å². The van der Waals surface area contributed by atoms with Crippen LogP contribution in [-0.4, -0.2) is 16.6 Å². The summed E-state index contributed by atoms with van der Waals surface area (Å²) in [7, 11) is 0. The molecule has 7 heavy (non-hydrogen) atoms. The Morgan fingerprint density at radius 1 is 1.86 bits per heavy atom. The third-order valence-corrected chi connectivity index (χ3v) is 2.14. The van der Waals surface area contributed by atoms with Crippen molar-refractivity contribution in [1.29, 1.82) is 0 Å². The molecule has 1 rings (SSSR count). The lowest BCUT2D eigenvalue weighted by molar-refractivity contribution is 0.340. The molecule has 2 nitrogen and oxygen atoms in total. The molecular formula is C4H8O2S. The molecule has 2 atom stereocenters. The van der Waals surface area contributed by atoms with Gasteiger partial charge in [-0.15, -0.1) is 0 Å². The predicted octanol–water partition coefficient (Wildman–Crippen LogP) is 0.316. The number of rotatable bonds is 0. The molecule has 1 saturated heterocycles. The molecule has 0 radical (unpaired) electrons. The Morgan fingerprint density at radius 2 is 2.57 bits per heavy atom. The first-order valence-corrected chi connectivity index (χ1v) is 3.55. The molecule has 1 aliphatic heterocycles. The van der Waals surface area contributed by atoms with Crippen molar-refractivity contribution in [2.75, 3.05) is 12.4 Å². The van der Waals surface area contributed by atoms with Crippen molar-refractivity contribution in [3.63, 3.8) is 0 Å². The Hall–Kier alpha value is 0.110. The van der Waals surface area contributed by atoms with Crippen LogP contribution in [0, 0.1) is 5.92 Å². The first kappa shape index (κ1) is 5.25. The molecule has 0 amide bonds. The van der Waals surface area contributed by atoms with Gasteiger partial charge in [0, 0.05) is 0 Å². The summed E-state index contributed by atoms with van der Waals surface area (Å²) >= 11 is -0.953. The molecule has 0 aromatic heterocycles. The highest BCUT2D eigenvalue weighted by atomic mass is 32.2. The summed E-state index contributed by atoms with van der Waals surface area (Å²) in [4.78, 5) is 0. The van der Waals surface area contributed by atoms with E-state index in [4.69, 9.17) is 4.18 Å². The van der Waals surface area contributed by atoms with Crippen LogP contribution in [0.15, 0.2) is 0 Å². The summed E-state index contributed by atoms with van der Waals surface area (Å²) in [6.07, 6.45) is 0. The van der Waals surface area contributed by atoms with E-state index in [1.54, 1.807) is 0 Å². The number of hydrogen-bond donors (Lipinski definition) is 0. The Morgan fingerprint density at radius 3 is 2.71 bits per heavy atom. The first-order valence-electron chi connectivity index (χ1n) is 2.30. The van der Waals surface area contributed by atoms with E-state index in [0.29, 0.717) is 12.5 Å². The molecule has 0 aliphatic carbocycles. The highest BCUT2D eigenvalue weighted by Gasteiger charge is 2.16. The quantitative estimate of drug-likeness (QED) is 0.460. The van der Waals surface area contributed by atoms with Gasteiger partial charge in [-0.2, -0.15) is 0 Å². The van der Waals surface area contributed by atoms with Gasteiger partial charge < -0.3 is 0 Å². The van der Waals surface area contributed by atoms with Crippen molar-refractivity contribution in [2.24, 2.45) is 5.92 Å². The summed E-state index contributed by atoms with van der Waals surface area (Å²) in [6, 6.07) is 0. The van der Waals surface area contributed by atoms with Gasteiger partial charge in [-0.25, -0.2) is 4.21 Å². The van der Waals surface area contributed by atoms with Gasteiger partial charge in [0.1, 0.15) is 0 Å². The van der Waals surface area contributed by atoms with E-state index in [0.717, 1.165) is 5.75 Å². The second-order valence-electron chi connectivity index (χ2n) is 1.86. The Bertz CT molecular complexity index is 91.7. The second-order valence-corrected chi connectivity index (χ2v) is 3.04. The smallest absolute Gasteiger partial charge is 0.155 e. The van der Waals surface area contributed by atoms with Gasteiger partial charge >= 0.3 is 0 Å². The van der Waals surface area contributed by atoms with E-state index >= 15 is 0 Å². The van der Waals surface area contributed by atoms with Gasteiger partial charge in [-0.05, 0) is 5.92 Å². The predicted molar refractivity (Wildman–Crippen MR) is 28.1 cm³/mol. The van der Waals surface area contributed by atoms with E-state index in [-0.39, 0.29) is 0 Å². The zero-order valence-corrected chi connectivity index (χ0v) is 5.03. The second kappa shape index (κ2) is 1.92. The Labute approximate surface area is 45.5 Å². The molecule has 1 fully saturated rings. The molecular weight excluding hydrogens is 112 g/mol.